The second kappa shape index (κ2) is 8.56. The predicted molar refractivity (Wildman–Crippen MR) is 106 cm³/mol. The molecule has 2 aromatic carbocycles. The molecule has 3 rings (SSSR count). The molecule has 0 saturated heterocycles. The summed E-state index contributed by atoms with van der Waals surface area (Å²) in [5.41, 5.74) is -2.72. The minimum Gasteiger partial charge on any atom is -0.493 e. The quantitative estimate of drug-likeness (QED) is 0.347. The van der Waals surface area contributed by atoms with Crippen molar-refractivity contribution in [1.82, 2.24) is 9.97 Å². The summed E-state index contributed by atoms with van der Waals surface area (Å²) in [6.07, 6.45) is -4.84. The maximum atomic E-state index is 13.5. The zero-order chi connectivity index (χ0) is 23.0. The summed E-state index contributed by atoms with van der Waals surface area (Å²) >= 11 is 6.79. The van der Waals surface area contributed by atoms with Crippen molar-refractivity contribution >= 4 is 34.3 Å². The number of thioether (sulfide) groups is 1. The van der Waals surface area contributed by atoms with E-state index in [1.165, 1.54) is 19.1 Å². The fraction of sp³-hybridized carbons (Fsp3) is 0.263. The first-order chi connectivity index (χ1) is 14.4. The van der Waals surface area contributed by atoms with Gasteiger partial charge in [-0.2, -0.15) is 23.1 Å². The van der Waals surface area contributed by atoms with Gasteiger partial charge in [-0.1, -0.05) is 11.6 Å². The number of halogens is 5. The van der Waals surface area contributed by atoms with Crippen LogP contribution in [-0.4, -0.2) is 43.2 Å². The number of aromatic nitrogens is 2. The minimum absolute atomic E-state index is 0.109. The third-order valence-electron chi connectivity index (χ3n) is 4.19. The number of benzene rings is 2. The number of nitrogens with zero attached hydrogens (tertiary/aromatic N) is 2. The van der Waals surface area contributed by atoms with Crippen molar-refractivity contribution in [3.8, 4) is 17.6 Å². The molecule has 0 aliphatic heterocycles. The van der Waals surface area contributed by atoms with Gasteiger partial charge in [-0.05, 0) is 37.3 Å². The standard InChI is InChI=1S/C19H15ClF4N2O4S/c1-18(7-27,30-10-4-2-9(21)3-5-10)8-31-15-13(20)12(19(22,23)24)6-11-14(15)25-17(29)26-16(11)28/h2-6,27H,7-8H2,1H3,(H2,25,26,28,29). The highest BCUT2D eigenvalue weighted by Crippen LogP contribution is 2.45. The summed E-state index contributed by atoms with van der Waals surface area (Å²) in [5, 5.41) is 28.3. The number of hydrogen-bond acceptors (Lipinski definition) is 7. The largest absolute Gasteiger partial charge is 0.493 e. The monoisotopic (exact) mass is 478 g/mol. The van der Waals surface area contributed by atoms with Crippen LogP contribution in [0, 0.1) is 5.82 Å². The van der Waals surface area contributed by atoms with Crippen molar-refractivity contribution in [3.05, 3.63) is 46.7 Å². The van der Waals surface area contributed by atoms with Gasteiger partial charge in [0.15, 0.2) is 0 Å². The van der Waals surface area contributed by atoms with Gasteiger partial charge >= 0.3 is 12.2 Å². The third-order valence-corrected chi connectivity index (χ3v) is 6.14. The van der Waals surface area contributed by atoms with Crippen molar-refractivity contribution in [3.63, 3.8) is 0 Å². The van der Waals surface area contributed by atoms with Crippen LogP contribution in [0.15, 0.2) is 35.2 Å². The van der Waals surface area contributed by atoms with Gasteiger partial charge in [0, 0.05) is 5.75 Å². The predicted octanol–water partition coefficient (Wildman–Crippen LogP) is 4.77. The summed E-state index contributed by atoms with van der Waals surface area (Å²) in [6, 6.07) is 4.72. The molecule has 0 saturated carbocycles. The van der Waals surface area contributed by atoms with Crippen LogP contribution in [0.5, 0.6) is 17.6 Å². The summed E-state index contributed by atoms with van der Waals surface area (Å²) in [4.78, 5) is 6.78. The number of aliphatic hydroxyl groups excluding tert-OH is 1. The van der Waals surface area contributed by atoms with Crippen LogP contribution in [0.2, 0.25) is 5.02 Å². The molecule has 12 heteroatoms. The molecule has 1 atom stereocenters. The number of hydrogen-bond donors (Lipinski definition) is 3. The highest BCUT2D eigenvalue weighted by molar-refractivity contribution is 7.99. The normalized spacial score (nSPS) is 13.9. The van der Waals surface area contributed by atoms with E-state index in [0.29, 0.717) is 6.07 Å². The SMILES string of the molecule is CC(CO)(CSc1c(Cl)c(C(F)(F)F)cc2c(O)nc(O)nc12)Oc1ccc(F)cc1. The zero-order valence-electron chi connectivity index (χ0n) is 15.7. The minimum atomic E-state index is -4.84. The fourth-order valence-electron chi connectivity index (χ4n) is 2.64. The average molecular weight is 479 g/mol. The lowest BCUT2D eigenvalue weighted by atomic mass is 10.1. The Hall–Kier alpha value is -2.50. The number of aliphatic hydroxyl groups is 1. The lowest BCUT2D eigenvalue weighted by Crippen LogP contribution is -2.39. The molecule has 3 N–H and O–H groups in total. The van der Waals surface area contributed by atoms with Crippen molar-refractivity contribution in [1.29, 1.82) is 0 Å². The molecule has 3 aromatic rings. The fourth-order valence-corrected chi connectivity index (χ4v) is 4.19. The number of ether oxygens (including phenoxy) is 1. The van der Waals surface area contributed by atoms with Crippen molar-refractivity contribution in [2.75, 3.05) is 12.4 Å². The van der Waals surface area contributed by atoms with Crippen LogP contribution in [0.25, 0.3) is 10.9 Å². The average Bonchev–Trinajstić information content (AvgIpc) is 2.68. The Kier molecular flexibility index (Phi) is 6.40. The molecule has 0 spiro atoms. The molecule has 0 amide bonds. The van der Waals surface area contributed by atoms with E-state index in [2.05, 4.69) is 9.97 Å². The van der Waals surface area contributed by atoms with Crippen LogP contribution in [0.4, 0.5) is 17.6 Å². The van der Waals surface area contributed by atoms with E-state index in [0.717, 1.165) is 23.9 Å². The molecule has 6 nitrogen and oxygen atoms in total. The van der Waals surface area contributed by atoms with Gasteiger partial charge in [0.2, 0.25) is 5.88 Å². The van der Waals surface area contributed by atoms with Crippen molar-refractivity contribution < 1.29 is 37.6 Å². The Bertz CT molecular complexity index is 1110. The first kappa shape index (κ1) is 23.2. The van der Waals surface area contributed by atoms with Gasteiger partial charge in [0.1, 0.15) is 17.2 Å². The lowest BCUT2D eigenvalue weighted by Gasteiger charge is -2.29. The van der Waals surface area contributed by atoms with E-state index in [9.17, 15) is 32.9 Å². The van der Waals surface area contributed by atoms with E-state index in [-0.39, 0.29) is 27.3 Å². The molecule has 31 heavy (non-hydrogen) atoms. The van der Waals surface area contributed by atoms with E-state index >= 15 is 0 Å². The van der Waals surface area contributed by atoms with Crippen LogP contribution in [0.1, 0.15) is 12.5 Å². The van der Waals surface area contributed by atoms with Gasteiger partial charge in [-0.25, -0.2) is 4.39 Å². The Morgan fingerprint density at radius 1 is 1.13 bits per heavy atom. The molecule has 1 heterocycles. The van der Waals surface area contributed by atoms with Gasteiger partial charge in [-0.15, -0.1) is 11.8 Å². The smallest absolute Gasteiger partial charge is 0.417 e. The van der Waals surface area contributed by atoms with Gasteiger partial charge in [0.05, 0.1) is 33.0 Å². The third kappa shape index (κ3) is 5.05. The van der Waals surface area contributed by atoms with Crippen molar-refractivity contribution in [2.24, 2.45) is 0 Å². The zero-order valence-corrected chi connectivity index (χ0v) is 17.3. The molecule has 0 aliphatic carbocycles. The van der Waals surface area contributed by atoms with E-state index < -0.39 is 46.7 Å². The molecule has 0 bridgehead atoms. The molecule has 1 unspecified atom stereocenters. The summed E-state index contributed by atoms with van der Waals surface area (Å²) < 4.78 is 59.2. The Morgan fingerprint density at radius 2 is 1.77 bits per heavy atom. The molecule has 0 aliphatic rings. The van der Waals surface area contributed by atoms with E-state index in [1.807, 2.05) is 0 Å². The number of fused-ring (bicyclic) bond motifs is 1. The summed E-state index contributed by atoms with van der Waals surface area (Å²) in [5.74, 6) is -1.22. The number of alkyl halides is 3. The molecule has 0 radical (unpaired) electrons. The maximum absolute atomic E-state index is 13.5. The Morgan fingerprint density at radius 3 is 2.35 bits per heavy atom. The molecule has 0 fully saturated rings. The molecular weight excluding hydrogens is 464 g/mol. The van der Waals surface area contributed by atoms with Gasteiger partial charge in [-0.3, -0.25) is 0 Å². The van der Waals surface area contributed by atoms with E-state index in [1.54, 1.807) is 0 Å². The second-order valence-corrected chi connectivity index (χ2v) is 8.12. The first-order valence-electron chi connectivity index (χ1n) is 8.61. The highest BCUT2D eigenvalue weighted by Gasteiger charge is 2.37. The van der Waals surface area contributed by atoms with Crippen LogP contribution >= 0.6 is 23.4 Å². The molecule has 166 valence electrons. The summed E-state index contributed by atoms with van der Waals surface area (Å²) in [7, 11) is 0. The molecule has 1 aromatic heterocycles. The second-order valence-electron chi connectivity index (χ2n) is 6.76. The van der Waals surface area contributed by atoms with Crippen molar-refractivity contribution in [2.45, 2.75) is 23.6 Å². The van der Waals surface area contributed by atoms with Crippen LogP contribution < -0.4 is 4.74 Å². The number of aromatic hydroxyl groups is 2. The maximum Gasteiger partial charge on any atom is 0.417 e. The van der Waals surface area contributed by atoms with Crippen LogP contribution in [0.3, 0.4) is 0 Å². The van der Waals surface area contributed by atoms with Crippen LogP contribution in [-0.2, 0) is 6.18 Å². The first-order valence-corrected chi connectivity index (χ1v) is 9.97. The Balaban J connectivity index is 2.02. The lowest BCUT2D eigenvalue weighted by molar-refractivity contribution is -0.137. The number of rotatable bonds is 6. The molecular formula is C19H15ClF4N2O4S. The van der Waals surface area contributed by atoms with E-state index in [4.69, 9.17) is 16.3 Å². The van der Waals surface area contributed by atoms with Gasteiger partial charge in [0.25, 0.3) is 0 Å². The van der Waals surface area contributed by atoms with Gasteiger partial charge < -0.3 is 20.1 Å². The summed E-state index contributed by atoms with van der Waals surface area (Å²) in [6.45, 7) is 0.967. The Labute approximate surface area is 182 Å². The topological polar surface area (TPSA) is 95.7 Å². The highest BCUT2D eigenvalue weighted by atomic mass is 35.5.